The number of carbonyl (C=O) groups excluding carboxylic acids is 1. The first-order valence-corrected chi connectivity index (χ1v) is 9.57. The molecule has 1 saturated heterocycles. The number of amides is 1. The number of hydrogen-bond donors (Lipinski definition) is 0. The Morgan fingerprint density at radius 1 is 0.793 bits per heavy atom. The zero-order chi connectivity index (χ0) is 20.2. The zero-order valence-electron chi connectivity index (χ0n) is 15.8. The Balaban J connectivity index is 1.54. The van der Waals surface area contributed by atoms with Crippen LogP contribution in [0.4, 0.5) is 8.78 Å². The fourth-order valence-electron chi connectivity index (χ4n) is 3.74. The first-order valence-electron chi connectivity index (χ1n) is 9.57. The fourth-order valence-corrected chi connectivity index (χ4v) is 3.74. The summed E-state index contributed by atoms with van der Waals surface area (Å²) in [7, 11) is 0. The number of halogens is 2. The molecule has 2 aromatic carbocycles. The summed E-state index contributed by atoms with van der Waals surface area (Å²) in [6.07, 6.45) is 1.61. The van der Waals surface area contributed by atoms with Gasteiger partial charge in [0.05, 0.1) is 6.04 Å². The topological polar surface area (TPSA) is 36.4 Å². The van der Waals surface area contributed by atoms with Gasteiger partial charge in [-0.25, -0.2) is 8.78 Å². The van der Waals surface area contributed by atoms with E-state index in [2.05, 4.69) is 9.88 Å². The van der Waals surface area contributed by atoms with Crippen molar-refractivity contribution in [3.05, 3.63) is 101 Å². The first kappa shape index (κ1) is 19.2. The highest BCUT2D eigenvalue weighted by molar-refractivity contribution is 5.92. The van der Waals surface area contributed by atoms with Gasteiger partial charge >= 0.3 is 0 Å². The Bertz CT molecular complexity index is 908. The molecule has 0 aliphatic carbocycles. The van der Waals surface area contributed by atoms with Crippen molar-refractivity contribution in [3.63, 3.8) is 0 Å². The van der Waals surface area contributed by atoms with Crippen molar-refractivity contribution in [2.45, 2.75) is 6.04 Å². The molecule has 0 bridgehead atoms. The Morgan fingerprint density at radius 3 is 1.83 bits per heavy atom. The Morgan fingerprint density at radius 2 is 1.34 bits per heavy atom. The molecule has 1 aliphatic rings. The molecule has 6 heteroatoms. The minimum atomic E-state index is -0.294. The number of pyridine rings is 1. The molecule has 4 rings (SSSR count). The summed E-state index contributed by atoms with van der Waals surface area (Å²) in [5.74, 6) is -0.667. The molecule has 1 aliphatic heterocycles. The number of carbonyl (C=O) groups is 1. The SMILES string of the molecule is O=C(c1ccccn1)N1CCN(C(c2ccc(F)cc2)c2ccc(F)cc2)CC1. The van der Waals surface area contributed by atoms with Crippen molar-refractivity contribution in [1.29, 1.82) is 0 Å². The van der Waals surface area contributed by atoms with Crippen molar-refractivity contribution in [3.8, 4) is 0 Å². The highest BCUT2D eigenvalue weighted by Gasteiger charge is 2.29. The molecule has 3 aromatic rings. The lowest BCUT2D eigenvalue weighted by atomic mass is 9.96. The second-order valence-corrected chi connectivity index (χ2v) is 7.05. The molecule has 1 amide bonds. The van der Waals surface area contributed by atoms with Gasteiger partial charge in [0.15, 0.2) is 0 Å². The van der Waals surface area contributed by atoms with Crippen LogP contribution in [0, 0.1) is 11.6 Å². The highest BCUT2D eigenvalue weighted by atomic mass is 19.1. The molecule has 0 spiro atoms. The zero-order valence-corrected chi connectivity index (χ0v) is 15.8. The molecule has 0 N–H and O–H groups in total. The van der Waals surface area contributed by atoms with Crippen LogP contribution in [-0.4, -0.2) is 46.9 Å². The Hall–Kier alpha value is -3.12. The van der Waals surface area contributed by atoms with Gasteiger partial charge in [-0.3, -0.25) is 14.7 Å². The van der Waals surface area contributed by atoms with Gasteiger partial charge in [-0.2, -0.15) is 0 Å². The van der Waals surface area contributed by atoms with E-state index in [9.17, 15) is 13.6 Å². The van der Waals surface area contributed by atoms with Crippen LogP contribution in [0.3, 0.4) is 0 Å². The van der Waals surface area contributed by atoms with Gasteiger partial charge < -0.3 is 4.90 Å². The molecule has 1 fully saturated rings. The van der Waals surface area contributed by atoms with Gasteiger partial charge in [0.25, 0.3) is 5.91 Å². The summed E-state index contributed by atoms with van der Waals surface area (Å²) in [4.78, 5) is 20.8. The van der Waals surface area contributed by atoms with Crippen LogP contribution in [0.1, 0.15) is 27.7 Å². The van der Waals surface area contributed by atoms with E-state index in [1.54, 1.807) is 53.6 Å². The average Bonchev–Trinajstić information content (AvgIpc) is 2.77. The molecule has 0 saturated carbocycles. The van der Waals surface area contributed by atoms with Gasteiger partial charge in [-0.15, -0.1) is 0 Å². The molecule has 29 heavy (non-hydrogen) atoms. The van der Waals surface area contributed by atoms with Gasteiger partial charge in [-0.05, 0) is 47.5 Å². The summed E-state index contributed by atoms with van der Waals surface area (Å²) in [5, 5.41) is 0. The largest absolute Gasteiger partial charge is 0.335 e. The molecule has 148 valence electrons. The molecule has 1 aromatic heterocycles. The summed E-state index contributed by atoms with van der Waals surface area (Å²) in [6.45, 7) is 2.43. The number of aromatic nitrogens is 1. The van der Waals surface area contributed by atoms with Gasteiger partial charge in [-0.1, -0.05) is 30.3 Å². The third-order valence-corrected chi connectivity index (χ3v) is 5.22. The van der Waals surface area contributed by atoms with Crippen molar-refractivity contribution < 1.29 is 13.6 Å². The molecule has 0 radical (unpaired) electrons. The van der Waals surface area contributed by atoms with E-state index in [0.717, 1.165) is 11.1 Å². The fraction of sp³-hybridized carbons (Fsp3) is 0.217. The van der Waals surface area contributed by atoms with Crippen LogP contribution in [0.5, 0.6) is 0 Å². The summed E-state index contributed by atoms with van der Waals surface area (Å²) >= 11 is 0. The van der Waals surface area contributed by atoms with Crippen LogP contribution in [-0.2, 0) is 0 Å². The lowest BCUT2D eigenvalue weighted by molar-refractivity contribution is 0.0591. The van der Waals surface area contributed by atoms with Gasteiger partial charge in [0.1, 0.15) is 17.3 Å². The number of benzene rings is 2. The minimum absolute atomic E-state index is 0.0784. The molecule has 2 heterocycles. The minimum Gasteiger partial charge on any atom is -0.335 e. The van der Waals surface area contributed by atoms with Crippen LogP contribution in [0.25, 0.3) is 0 Å². The monoisotopic (exact) mass is 393 g/mol. The number of nitrogens with zero attached hydrogens (tertiary/aromatic N) is 3. The molecular weight excluding hydrogens is 372 g/mol. The van der Waals surface area contributed by atoms with Crippen LogP contribution in [0.2, 0.25) is 0 Å². The maximum absolute atomic E-state index is 13.4. The van der Waals surface area contributed by atoms with Crippen molar-refractivity contribution >= 4 is 5.91 Å². The predicted octanol–water partition coefficient (Wildman–Crippen LogP) is 3.91. The van der Waals surface area contributed by atoms with E-state index in [1.165, 1.54) is 24.3 Å². The maximum Gasteiger partial charge on any atom is 0.272 e. The second kappa shape index (κ2) is 8.49. The lowest BCUT2D eigenvalue weighted by Crippen LogP contribution is -2.50. The number of rotatable bonds is 4. The van der Waals surface area contributed by atoms with E-state index >= 15 is 0 Å². The Labute approximate surface area is 168 Å². The van der Waals surface area contributed by atoms with Crippen molar-refractivity contribution in [2.75, 3.05) is 26.2 Å². The van der Waals surface area contributed by atoms with Crippen LogP contribution in [0.15, 0.2) is 72.9 Å². The Kier molecular flexibility index (Phi) is 5.62. The second-order valence-electron chi connectivity index (χ2n) is 7.05. The third-order valence-electron chi connectivity index (χ3n) is 5.22. The lowest BCUT2D eigenvalue weighted by Gasteiger charge is -2.39. The molecular formula is C23H21F2N3O. The summed E-state index contributed by atoms with van der Waals surface area (Å²) in [5.41, 5.74) is 2.31. The van der Waals surface area contributed by atoms with E-state index in [4.69, 9.17) is 0 Å². The molecule has 0 atom stereocenters. The predicted molar refractivity (Wildman–Crippen MR) is 106 cm³/mol. The average molecular weight is 393 g/mol. The summed E-state index contributed by atoms with van der Waals surface area (Å²) < 4.78 is 26.9. The quantitative estimate of drug-likeness (QED) is 0.674. The third kappa shape index (κ3) is 4.32. The van der Waals surface area contributed by atoms with Crippen LogP contribution >= 0.6 is 0 Å². The number of piperazine rings is 1. The van der Waals surface area contributed by atoms with Crippen molar-refractivity contribution in [1.82, 2.24) is 14.8 Å². The van der Waals surface area contributed by atoms with Gasteiger partial charge in [0.2, 0.25) is 0 Å². The standard InChI is InChI=1S/C23H21F2N3O/c24-19-8-4-17(5-9-19)22(18-6-10-20(25)11-7-18)27-13-15-28(16-14-27)23(29)21-3-1-2-12-26-21/h1-12,22H,13-16H2. The van der Waals surface area contributed by atoms with E-state index in [0.29, 0.717) is 31.9 Å². The van der Waals surface area contributed by atoms with E-state index in [1.807, 2.05) is 0 Å². The normalized spacial score (nSPS) is 14.9. The van der Waals surface area contributed by atoms with E-state index < -0.39 is 0 Å². The highest BCUT2D eigenvalue weighted by Crippen LogP contribution is 2.30. The number of hydrogen-bond acceptors (Lipinski definition) is 3. The molecule has 4 nitrogen and oxygen atoms in total. The molecule has 0 unspecified atom stereocenters. The first-order chi connectivity index (χ1) is 14.1. The van der Waals surface area contributed by atoms with Crippen LogP contribution < -0.4 is 0 Å². The van der Waals surface area contributed by atoms with Gasteiger partial charge in [0, 0.05) is 32.4 Å². The van der Waals surface area contributed by atoms with Crippen molar-refractivity contribution in [2.24, 2.45) is 0 Å². The summed E-state index contributed by atoms with van der Waals surface area (Å²) in [6, 6.07) is 17.9. The van der Waals surface area contributed by atoms with E-state index in [-0.39, 0.29) is 23.6 Å². The smallest absolute Gasteiger partial charge is 0.272 e. The maximum atomic E-state index is 13.4.